The molecule has 7 heteroatoms. The topological polar surface area (TPSA) is 66.3 Å². The fourth-order valence-corrected chi connectivity index (χ4v) is 2.97. The molecule has 1 aliphatic heterocycles. The van der Waals surface area contributed by atoms with Crippen molar-refractivity contribution in [3.63, 3.8) is 0 Å². The summed E-state index contributed by atoms with van der Waals surface area (Å²) in [6.07, 6.45) is 5.31. The van der Waals surface area contributed by atoms with Crippen molar-refractivity contribution in [1.82, 2.24) is 25.0 Å². The van der Waals surface area contributed by atoms with Gasteiger partial charge in [0.2, 0.25) is 5.91 Å². The van der Waals surface area contributed by atoms with Crippen molar-refractivity contribution < 1.29 is 4.79 Å². The summed E-state index contributed by atoms with van der Waals surface area (Å²) in [5.41, 5.74) is 0.997. The van der Waals surface area contributed by atoms with E-state index in [0.717, 1.165) is 44.1 Å². The zero-order valence-corrected chi connectivity index (χ0v) is 14.9. The summed E-state index contributed by atoms with van der Waals surface area (Å²) in [4.78, 5) is 21.5. The second-order valence-corrected chi connectivity index (χ2v) is 6.33. The van der Waals surface area contributed by atoms with Gasteiger partial charge in [0.15, 0.2) is 0 Å². The van der Waals surface area contributed by atoms with Gasteiger partial charge in [-0.3, -0.25) is 9.48 Å². The van der Waals surface area contributed by atoms with Gasteiger partial charge in [0.25, 0.3) is 0 Å². The van der Waals surface area contributed by atoms with Crippen LogP contribution in [-0.4, -0.2) is 58.3 Å². The lowest BCUT2D eigenvalue weighted by Gasteiger charge is -2.34. The van der Waals surface area contributed by atoms with Crippen LogP contribution in [0.3, 0.4) is 0 Å². The molecule has 1 amide bonds. The van der Waals surface area contributed by atoms with E-state index >= 15 is 0 Å². The third kappa shape index (κ3) is 4.36. The highest BCUT2D eigenvalue weighted by Crippen LogP contribution is 2.14. The smallest absolute Gasteiger partial charge is 0.244 e. The molecule has 0 spiro atoms. The Labute approximate surface area is 148 Å². The van der Waals surface area contributed by atoms with Crippen LogP contribution in [0.5, 0.6) is 0 Å². The second-order valence-electron chi connectivity index (χ2n) is 6.33. The standard InChI is InChI=1S/C18H26N6O/c1-3-22-9-11-23(12-10-22)17-6-5-16(13-19-17)14-20-18(25)15(2)24-8-4-7-21-24/h4-8,13,15H,3,9-12,14H2,1-2H3,(H,20,25)/t15-/m1/s1. The van der Waals surface area contributed by atoms with E-state index in [4.69, 9.17) is 0 Å². The molecule has 0 saturated carbocycles. The zero-order valence-electron chi connectivity index (χ0n) is 14.9. The molecule has 0 bridgehead atoms. The predicted octanol–water partition coefficient (Wildman–Crippen LogP) is 1.30. The first-order chi connectivity index (χ1) is 12.2. The van der Waals surface area contributed by atoms with Gasteiger partial charge in [-0.15, -0.1) is 0 Å². The van der Waals surface area contributed by atoms with Gasteiger partial charge >= 0.3 is 0 Å². The fraction of sp³-hybridized carbons (Fsp3) is 0.500. The summed E-state index contributed by atoms with van der Waals surface area (Å²) in [6, 6.07) is 5.57. The van der Waals surface area contributed by atoms with Crippen LogP contribution in [-0.2, 0) is 11.3 Å². The van der Waals surface area contributed by atoms with Gasteiger partial charge in [0.1, 0.15) is 11.9 Å². The van der Waals surface area contributed by atoms with Gasteiger partial charge in [-0.1, -0.05) is 13.0 Å². The van der Waals surface area contributed by atoms with Crippen LogP contribution in [0.15, 0.2) is 36.8 Å². The van der Waals surface area contributed by atoms with Gasteiger partial charge < -0.3 is 15.1 Å². The Hall–Kier alpha value is -2.41. The van der Waals surface area contributed by atoms with Crippen molar-refractivity contribution in [3.05, 3.63) is 42.4 Å². The van der Waals surface area contributed by atoms with Crippen molar-refractivity contribution in [1.29, 1.82) is 0 Å². The number of likely N-dealkylation sites (N-methyl/N-ethyl adjacent to an activating group) is 1. The van der Waals surface area contributed by atoms with Crippen molar-refractivity contribution in [2.75, 3.05) is 37.6 Å². The van der Waals surface area contributed by atoms with Gasteiger partial charge in [-0.25, -0.2) is 4.98 Å². The zero-order chi connectivity index (χ0) is 17.6. The Bertz CT molecular complexity index is 661. The van der Waals surface area contributed by atoms with E-state index in [0.29, 0.717) is 6.54 Å². The SMILES string of the molecule is CCN1CCN(c2ccc(CNC(=O)[C@@H](C)n3cccn3)cn2)CC1. The maximum Gasteiger partial charge on any atom is 0.244 e. The predicted molar refractivity (Wildman–Crippen MR) is 97.3 cm³/mol. The Kier molecular flexibility index (Phi) is 5.65. The first kappa shape index (κ1) is 17.4. The third-order valence-corrected chi connectivity index (χ3v) is 4.72. The van der Waals surface area contributed by atoms with E-state index in [2.05, 4.69) is 32.1 Å². The summed E-state index contributed by atoms with van der Waals surface area (Å²) >= 11 is 0. The van der Waals surface area contributed by atoms with Crippen LogP contribution in [0.2, 0.25) is 0 Å². The highest BCUT2D eigenvalue weighted by Gasteiger charge is 2.17. The number of nitrogens with zero attached hydrogens (tertiary/aromatic N) is 5. The maximum absolute atomic E-state index is 12.2. The number of hydrogen-bond acceptors (Lipinski definition) is 5. The molecule has 1 N–H and O–H groups in total. The molecule has 2 aromatic rings. The number of anilines is 1. The Morgan fingerprint density at radius 3 is 2.68 bits per heavy atom. The summed E-state index contributed by atoms with van der Waals surface area (Å²) in [5.74, 6) is 0.958. The molecule has 0 aromatic carbocycles. The molecule has 134 valence electrons. The van der Waals surface area contributed by atoms with Crippen molar-refractivity contribution in [2.45, 2.75) is 26.4 Å². The molecule has 3 heterocycles. The second kappa shape index (κ2) is 8.11. The van der Waals surface area contributed by atoms with Crippen LogP contribution in [0.4, 0.5) is 5.82 Å². The Morgan fingerprint density at radius 2 is 2.08 bits per heavy atom. The van der Waals surface area contributed by atoms with Gasteiger partial charge in [-0.05, 0) is 31.2 Å². The number of rotatable bonds is 6. The lowest BCUT2D eigenvalue weighted by molar-refractivity contribution is -0.124. The average Bonchev–Trinajstić information content (AvgIpc) is 3.21. The number of hydrogen-bond donors (Lipinski definition) is 1. The van der Waals surface area contributed by atoms with E-state index in [1.165, 1.54) is 0 Å². The monoisotopic (exact) mass is 342 g/mol. The molecule has 3 rings (SSSR count). The average molecular weight is 342 g/mol. The quantitative estimate of drug-likeness (QED) is 0.857. The Morgan fingerprint density at radius 1 is 1.28 bits per heavy atom. The fourth-order valence-electron chi connectivity index (χ4n) is 2.97. The van der Waals surface area contributed by atoms with E-state index in [-0.39, 0.29) is 11.9 Å². The first-order valence-electron chi connectivity index (χ1n) is 8.86. The number of pyridine rings is 1. The summed E-state index contributed by atoms with van der Waals surface area (Å²) in [5, 5.41) is 7.04. The number of aromatic nitrogens is 3. The highest BCUT2D eigenvalue weighted by atomic mass is 16.2. The minimum absolute atomic E-state index is 0.0523. The molecule has 0 unspecified atom stereocenters. The lowest BCUT2D eigenvalue weighted by atomic mass is 10.2. The van der Waals surface area contributed by atoms with Crippen LogP contribution >= 0.6 is 0 Å². The minimum Gasteiger partial charge on any atom is -0.354 e. The van der Waals surface area contributed by atoms with E-state index in [1.54, 1.807) is 17.1 Å². The van der Waals surface area contributed by atoms with Crippen LogP contribution in [0.1, 0.15) is 25.5 Å². The summed E-state index contributed by atoms with van der Waals surface area (Å²) < 4.78 is 1.65. The number of nitrogens with one attached hydrogen (secondary N) is 1. The lowest BCUT2D eigenvalue weighted by Crippen LogP contribution is -2.46. The summed E-state index contributed by atoms with van der Waals surface area (Å²) in [6.45, 7) is 9.81. The minimum atomic E-state index is -0.322. The molecule has 25 heavy (non-hydrogen) atoms. The van der Waals surface area contributed by atoms with Crippen LogP contribution in [0, 0.1) is 0 Å². The van der Waals surface area contributed by atoms with Crippen molar-refractivity contribution in [3.8, 4) is 0 Å². The van der Waals surface area contributed by atoms with E-state index in [1.807, 2.05) is 31.3 Å². The number of amides is 1. The van der Waals surface area contributed by atoms with Crippen molar-refractivity contribution >= 4 is 11.7 Å². The molecule has 1 aliphatic rings. The highest BCUT2D eigenvalue weighted by molar-refractivity contribution is 5.79. The molecular weight excluding hydrogens is 316 g/mol. The first-order valence-corrected chi connectivity index (χ1v) is 8.86. The van der Waals surface area contributed by atoms with Gasteiger partial charge in [0.05, 0.1) is 0 Å². The van der Waals surface area contributed by atoms with Gasteiger partial charge in [0, 0.05) is 51.3 Å². The van der Waals surface area contributed by atoms with Gasteiger partial charge in [-0.2, -0.15) is 5.10 Å². The number of carbonyl (C=O) groups excluding carboxylic acids is 1. The third-order valence-electron chi connectivity index (χ3n) is 4.72. The van der Waals surface area contributed by atoms with Crippen molar-refractivity contribution in [2.24, 2.45) is 0 Å². The molecule has 1 atom stereocenters. The Balaban J connectivity index is 1.50. The maximum atomic E-state index is 12.2. The molecule has 1 fully saturated rings. The molecule has 2 aromatic heterocycles. The number of carbonyl (C=O) groups is 1. The summed E-state index contributed by atoms with van der Waals surface area (Å²) in [7, 11) is 0. The molecular formula is C18H26N6O. The molecule has 0 aliphatic carbocycles. The normalized spacial score (nSPS) is 16.6. The largest absolute Gasteiger partial charge is 0.354 e. The molecule has 7 nitrogen and oxygen atoms in total. The number of piperazine rings is 1. The molecule has 1 saturated heterocycles. The van der Waals surface area contributed by atoms with E-state index < -0.39 is 0 Å². The van der Waals surface area contributed by atoms with Crippen LogP contribution < -0.4 is 10.2 Å². The molecule has 0 radical (unpaired) electrons. The van der Waals surface area contributed by atoms with Crippen LogP contribution in [0.25, 0.3) is 0 Å². The van der Waals surface area contributed by atoms with E-state index in [9.17, 15) is 4.79 Å².